The van der Waals surface area contributed by atoms with E-state index >= 15 is 0 Å². The monoisotopic (exact) mass is 438 g/mol. The molecular formula is C22H26N6O4. The zero-order chi connectivity index (χ0) is 22.5. The summed E-state index contributed by atoms with van der Waals surface area (Å²) in [4.78, 5) is 21.0. The van der Waals surface area contributed by atoms with Crippen LogP contribution >= 0.6 is 0 Å². The number of hydrogen-bond donors (Lipinski definition) is 2. The number of rotatable bonds is 7. The molecule has 0 spiro atoms. The average Bonchev–Trinajstić information content (AvgIpc) is 3.33. The van der Waals surface area contributed by atoms with E-state index in [0.29, 0.717) is 35.1 Å². The molecule has 2 aromatic heterocycles. The summed E-state index contributed by atoms with van der Waals surface area (Å²) in [6.07, 6.45) is 6.10. The fourth-order valence-electron chi connectivity index (χ4n) is 3.72. The van der Waals surface area contributed by atoms with Crippen LogP contribution in [0.3, 0.4) is 0 Å². The maximum absolute atomic E-state index is 13.6. The van der Waals surface area contributed by atoms with Crippen molar-refractivity contribution in [3.63, 3.8) is 0 Å². The smallest absolute Gasteiger partial charge is 0.256 e. The summed E-state index contributed by atoms with van der Waals surface area (Å²) in [6, 6.07) is 8.52. The molecule has 1 saturated heterocycles. The quantitative estimate of drug-likeness (QED) is 0.570. The third-order valence-electron chi connectivity index (χ3n) is 5.34. The van der Waals surface area contributed by atoms with Crippen LogP contribution in [-0.4, -0.2) is 67.8 Å². The van der Waals surface area contributed by atoms with Crippen molar-refractivity contribution in [1.82, 2.24) is 24.9 Å². The van der Waals surface area contributed by atoms with Crippen molar-refractivity contribution in [2.24, 2.45) is 0 Å². The highest BCUT2D eigenvalue weighted by Gasteiger charge is 2.32. The van der Waals surface area contributed by atoms with Gasteiger partial charge in [-0.2, -0.15) is 15.0 Å². The minimum atomic E-state index is -0.192. The molecule has 3 N–H and O–H groups in total. The summed E-state index contributed by atoms with van der Waals surface area (Å²) >= 11 is 0. The summed E-state index contributed by atoms with van der Waals surface area (Å²) in [5.41, 5.74) is 7.35. The maximum Gasteiger partial charge on any atom is 0.256 e. The van der Waals surface area contributed by atoms with E-state index in [1.807, 2.05) is 6.92 Å². The van der Waals surface area contributed by atoms with Crippen LogP contribution in [-0.2, 0) is 0 Å². The van der Waals surface area contributed by atoms with Crippen LogP contribution in [0.2, 0.25) is 0 Å². The normalized spacial score (nSPS) is 18.4. The Morgan fingerprint density at radius 3 is 2.75 bits per heavy atom. The summed E-state index contributed by atoms with van der Waals surface area (Å²) < 4.78 is 11.5. The van der Waals surface area contributed by atoms with Gasteiger partial charge in [0.05, 0.1) is 31.1 Å². The van der Waals surface area contributed by atoms with Crippen molar-refractivity contribution in [1.29, 1.82) is 0 Å². The number of likely N-dealkylation sites (tertiary alicyclic amines) is 1. The molecule has 168 valence electrons. The number of aliphatic hydroxyl groups excluding tert-OH is 1. The fraction of sp³-hybridized carbons (Fsp3) is 0.364. The molecule has 10 heteroatoms. The van der Waals surface area contributed by atoms with Crippen LogP contribution in [0.5, 0.6) is 11.6 Å². The highest BCUT2D eigenvalue weighted by Crippen LogP contribution is 2.27. The van der Waals surface area contributed by atoms with Gasteiger partial charge in [0.2, 0.25) is 5.88 Å². The van der Waals surface area contributed by atoms with E-state index < -0.39 is 0 Å². The van der Waals surface area contributed by atoms with Gasteiger partial charge in [-0.3, -0.25) is 4.79 Å². The molecule has 0 saturated carbocycles. The number of aromatic nitrogens is 4. The number of nitrogens with zero attached hydrogens (tertiary/aromatic N) is 5. The standard InChI is InChI=1S/C22H26N6O4/c1-15-2-3-18(32-21-12-16(23)6-7-24-21)14-27(15)22(30)19-5-4-17(31-11-10-29)13-20(19)28-25-8-9-26-28/h4-9,12-13,15,18,29H,2-3,10-11,14H2,1H3,(H2,23,24)/t15-,18-/m1/s1. The number of nitrogens with two attached hydrogens (primary N) is 1. The van der Waals surface area contributed by atoms with Crippen LogP contribution in [0, 0.1) is 0 Å². The van der Waals surface area contributed by atoms with Crippen LogP contribution < -0.4 is 15.2 Å². The third kappa shape index (κ3) is 4.80. The Morgan fingerprint density at radius 1 is 1.19 bits per heavy atom. The molecule has 32 heavy (non-hydrogen) atoms. The first-order valence-electron chi connectivity index (χ1n) is 10.5. The van der Waals surface area contributed by atoms with Gasteiger partial charge in [0, 0.05) is 30.1 Å². The lowest BCUT2D eigenvalue weighted by Gasteiger charge is -2.38. The summed E-state index contributed by atoms with van der Waals surface area (Å²) in [7, 11) is 0. The van der Waals surface area contributed by atoms with Crippen molar-refractivity contribution in [3.8, 4) is 17.3 Å². The van der Waals surface area contributed by atoms with Gasteiger partial charge in [-0.05, 0) is 38.0 Å². The van der Waals surface area contributed by atoms with E-state index in [1.165, 1.54) is 4.80 Å². The van der Waals surface area contributed by atoms with E-state index in [1.54, 1.807) is 53.8 Å². The van der Waals surface area contributed by atoms with Crippen LogP contribution in [0.15, 0.2) is 48.9 Å². The van der Waals surface area contributed by atoms with E-state index in [9.17, 15) is 4.79 Å². The predicted molar refractivity (Wildman–Crippen MR) is 117 cm³/mol. The molecule has 3 heterocycles. The number of ether oxygens (including phenoxy) is 2. The van der Waals surface area contributed by atoms with Crippen molar-refractivity contribution in [3.05, 3.63) is 54.5 Å². The Hall–Kier alpha value is -3.66. The number of pyridine rings is 1. The average molecular weight is 438 g/mol. The molecule has 10 nitrogen and oxygen atoms in total. The second-order valence-electron chi connectivity index (χ2n) is 7.62. The first-order valence-corrected chi connectivity index (χ1v) is 10.5. The van der Waals surface area contributed by atoms with Crippen LogP contribution in [0.1, 0.15) is 30.1 Å². The molecule has 0 aliphatic carbocycles. The molecule has 0 radical (unpaired) electrons. The minimum absolute atomic E-state index is 0.0416. The second kappa shape index (κ2) is 9.65. The largest absolute Gasteiger partial charge is 0.491 e. The molecule has 2 atom stereocenters. The summed E-state index contributed by atoms with van der Waals surface area (Å²) in [6.45, 7) is 2.49. The number of hydrogen-bond acceptors (Lipinski definition) is 8. The molecule has 1 aliphatic rings. The van der Waals surface area contributed by atoms with E-state index in [2.05, 4.69) is 15.2 Å². The number of carbonyl (C=O) groups excluding carboxylic acids is 1. The number of aliphatic hydroxyl groups is 1. The van der Waals surface area contributed by atoms with Gasteiger partial charge in [0.25, 0.3) is 5.91 Å². The van der Waals surface area contributed by atoms with E-state index in [0.717, 1.165) is 12.8 Å². The molecule has 1 aliphatic heterocycles. The maximum atomic E-state index is 13.6. The lowest BCUT2D eigenvalue weighted by Crippen LogP contribution is -2.49. The van der Waals surface area contributed by atoms with Gasteiger partial charge in [-0.15, -0.1) is 0 Å². The van der Waals surface area contributed by atoms with Gasteiger partial charge < -0.3 is 25.2 Å². The molecule has 1 fully saturated rings. The minimum Gasteiger partial charge on any atom is -0.491 e. The molecular weight excluding hydrogens is 412 g/mol. The zero-order valence-corrected chi connectivity index (χ0v) is 17.8. The number of amides is 1. The highest BCUT2D eigenvalue weighted by molar-refractivity contribution is 5.98. The first-order chi connectivity index (χ1) is 15.5. The van der Waals surface area contributed by atoms with Gasteiger partial charge in [-0.25, -0.2) is 4.98 Å². The third-order valence-corrected chi connectivity index (χ3v) is 5.34. The molecule has 1 aromatic carbocycles. The molecule has 3 aromatic rings. The Kier molecular flexibility index (Phi) is 6.50. The Morgan fingerprint density at radius 2 is 2.00 bits per heavy atom. The zero-order valence-electron chi connectivity index (χ0n) is 17.8. The number of benzene rings is 1. The summed E-state index contributed by atoms with van der Waals surface area (Å²) in [5, 5.41) is 17.4. The van der Waals surface area contributed by atoms with E-state index in [-0.39, 0.29) is 31.3 Å². The molecule has 4 rings (SSSR count). The van der Waals surface area contributed by atoms with Gasteiger partial charge in [0.15, 0.2) is 0 Å². The Labute approximate surface area is 185 Å². The van der Waals surface area contributed by atoms with Gasteiger partial charge in [0.1, 0.15) is 24.1 Å². The SMILES string of the molecule is C[C@@H]1CC[C@@H](Oc2cc(N)ccn2)CN1C(=O)c1ccc(OCCO)cc1-n1nccn1. The van der Waals surface area contributed by atoms with Crippen LogP contribution in [0.4, 0.5) is 5.69 Å². The molecule has 0 bridgehead atoms. The number of anilines is 1. The second-order valence-corrected chi connectivity index (χ2v) is 7.62. The topological polar surface area (TPSA) is 129 Å². The van der Waals surface area contributed by atoms with Crippen molar-refractivity contribution < 1.29 is 19.4 Å². The van der Waals surface area contributed by atoms with Gasteiger partial charge >= 0.3 is 0 Å². The predicted octanol–water partition coefficient (Wildman–Crippen LogP) is 1.69. The number of nitrogen functional groups attached to an aromatic ring is 1. The van der Waals surface area contributed by atoms with Crippen molar-refractivity contribution >= 4 is 11.6 Å². The number of carbonyl (C=O) groups is 1. The van der Waals surface area contributed by atoms with Gasteiger partial charge in [-0.1, -0.05) is 0 Å². The first kappa shape index (κ1) is 21.6. The molecule has 1 amide bonds. The lowest BCUT2D eigenvalue weighted by molar-refractivity contribution is 0.0373. The Bertz CT molecular complexity index is 1060. The van der Waals surface area contributed by atoms with Crippen molar-refractivity contribution in [2.75, 3.05) is 25.5 Å². The Balaban J connectivity index is 1.58. The highest BCUT2D eigenvalue weighted by atomic mass is 16.5. The summed E-state index contributed by atoms with van der Waals surface area (Å²) in [5.74, 6) is 0.819. The number of piperidine rings is 1. The lowest BCUT2D eigenvalue weighted by atomic mass is 9.99. The van der Waals surface area contributed by atoms with E-state index in [4.69, 9.17) is 20.3 Å². The van der Waals surface area contributed by atoms with Crippen LogP contribution in [0.25, 0.3) is 5.69 Å². The van der Waals surface area contributed by atoms with Crippen molar-refractivity contribution in [2.45, 2.75) is 31.9 Å². The fourth-order valence-corrected chi connectivity index (χ4v) is 3.72. The molecule has 0 unspecified atom stereocenters.